The van der Waals surface area contributed by atoms with Crippen LogP contribution < -0.4 is 27.4 Å². The lowest BCUT2D eigenvalue weighted by Gasteiger charge is -2.14. The van der Waals surface area contributed by atoms with Crippen molar-refractivity contribution in [3.8, 4) is 0 Å². The van der Waals surface area contributed by atoms with Gasteiger partial charge in [-0.25, -0.2) is 14.4 Å². The number of aliphatic carboxylic acids is 2. The molecule has 44 heavy (non-hydrogen) atoms. The molecule has 0 aromatic rings. The van der Waals surface area contributed by atoms with E-state index in [0.717, 1.165) is 38.5 Å². The van der Waals surface area contributed by atoms with Gasteiger partial charge >= 0.3 is 18.0 Å². The van der Waals surface area contributed by atoms with E-state index in [1.807, 2.05) is 0 Å². The van der Waals surface area contributed by atoms with Gasteiger partial charge in [0.2, 0.25) is 11.8 Å². The van der Waals surface area contributed by atoms with Gasteiger partial charge in [0.15, 0.2) is 0 Å². The maximum atomic E-state index is 11.7. The van der Waals surface area contributed by atoms with Crippen molar-refractivity contribution < 1.29 is 43.8 Å². The van der Waals surface area contributed by atoms with Crippen molar-refractivity contribution in [2.45, 2.75) is 136 Å². The Morgan fingerprint density at radius 2 is 0.955 bits per heavy atom. The Labute approximate surface area is 261 Å². The van der Waals surface area contributed by atoms with Gasteiger partial charge in [-0.1, -0.05) is 33.1 Å². The fourth-order valence-corrected chi connectivity index (χ4v) is 3.91. The standard InChI is InChI=1S/C15H27N3O5.C14H26N2O4.CH4/c1-11(19)7-4-2-3-5-9-13(20)18-12(14(21)22)8-6-10-17-15(16)23;1-11(17)7-4-2-3-5-9-13(18)16-12(14(19)20)8-6-10-15;/h12H,2-10H2,1H3,(H,18,20)(H,21,22)(H3,16,17,23);12H,2-10,15H2,1H3,(H,16,18)(H,19,20);1H4/t2*12-;/m00./s1. The zero-order chi connectivity index (χ0) is 33.0. The molecule has 9 N–H and O–H groups in total. The van der Waals surface area contributed by atoms with Crippen LogP contribution in [0.1, 0.15) is 124 Å². The lowest BCUT2D eigenvalue weighted by Crippen LogP contribution is -2.41. The summed E-state index contributed by atoms with van der Waals surface area (Å²) in [5.41, 5.74) is 10.2. The fraction of sp³-hybridized carbons (Fsp3) is 0.767. The molecule has 4 amide bonds. The molecule has 0 saturated heterocycles. The van der Waals surface area contributed by atoms with Crippen LogP contribution in [-0.2, 0) is 28.8 Å². The number of carbonyl (C=O) groups is 7. The second-order valence-electron chi connectivity index (χ2n) is 10.5. The molecule has 0 rings (SSSR count). The Bertz CT molecular complexity index is 868. The zero-order valence-electron chi connectivity index (χ0n) is 25.8. The molecule has 2 atom stereocenters. The number of Topliss-reactive ketones (excluding diaryl/α,β-unsaturated/α-hetero) is 2. The highest BCUT2D eigenvalue weighted by Gasteiger charge is 2.20. The number of ketones is 2. The van der Waals surface area contributed by atoms with Crippen molar-refractivity contribution in [3.63, 3.8) is 0 Å². The molecule has 0 aliphatic carbocycles. The highest BCUT2D eigenvalue weighted by Crippen LogP contribution is 2.08. The Morgan fingerprint density at radius 1 is 0.591 bits per heavy atom. The van der Waals surface area contributed by atoms with Gasteiger partial charge in [-0.2, -0.15) is 0 Å². The van der Waals surface area contributed by atoms with Crippen molar-refractivity contribution in [2.24, 2.45) is 11.5 Å². The van der Waals surface area contributed by atoms with Gasteiger partial charge in [-0.3, -0.25) is 9.59 Å². The topological polar surface area (TPSA) is 248 Å². The van der Waals surface area contributed by atoms with E-state index in [0.29, 0.717) is 57.9 Å². The van der Waals surface area contributed by atoms with Crippen molar-refractivity contribution in [1.29, 1.82) is 0 Å². The summed E-state index contributed by atoms with van der Waals surface area (Å²) < 4.78 is 0. The first kappa shape index (κ1) is 44.9. The number of hydrogen-bond acceptors (Lipinski definition) is 8. The Balaban J connectivity index is -0.000000754. The molecule has 0 aromatic carbocycles. The largest absolute Gasteiger partial charge is 0.480 e. The predicted molar refractivity (Wildman–Crippen MR) is 168 cm³/mol. The molecular formula is C30H57N5O9. The third-order valence-corrected chi connectivity index (χ3v) is 6.30. The number of carboxylic acids is 2. The maximum absolute atomic E-state index is 11.7. The molecule has 0 aliphatic heterocycles. The number of urea groups is 1. The quantitative estimate of drug-likeness (QED) is 0.0726. The van der Waals surface area contributed by atoms with E-state index in [1.165, 1.54) is 0 Å². The number of nitrogens with two attached hydrogens (primary N) is 2. The summed E-state index contributed by atoms with van der Waals surface area (Å²) in [5, 5.41) is 25.4. The first-order valence-electron chi connectivity index (χ1n) is 15.1. The zero-order valence-corrected chi connectivity index (χ0v) is 25.8. The molecule has 0 spiro atoms. The molecule has 14 heteroatoms. The van der Waals surface area contributed by atoms with Crippen LogP contribution in [0.2, 0.25) is 0 Å². The first-order valence-corrected chi connectivity index (χ1v) is 15.1. The second kappa shape index (κ2) is 29.5. The number of carbonyl (C=O) groups excluding carboxylic acids is 5. The first-order chi connectivity index (χ1) is 20.3. The van der Waals surface area contributed by atoms with Crippen LogP contribution in [0.15, 0.2) is 0 Å². The molecule has 256 valence electrons. The third kappa shape index (κ3) is 31.4. The van der Waals surface area contributed by atoms with E-state index in [4.69, 9.17) is 21.7 Å². The summed E-state index contributed by atoms with van der Waals surface area (Å²) in [6, 6.07) is -2.47. The maximum Gasteiger partial charge on any atom is 0.326 e. The molecule has 0 unspecified atom stereocenters. The molecule has 0 heterocycles. The summed E-state index contributed by atoms with van der Waals surface area (Å²) in [5.74, 6) is -2.30. The van der Waals surface area contributed by atoms with Gasteiger partial charge in [-0.15, -0.1) is 0 Å². The summed E-state index contributed by atoms with van der Waals surface area (Å²) in [7, 11) is 0. The van der Waals surface area contributed by atoms with E-state index in [-0.39, 0.29) is 50.2 Å². The number of nitrogens with one attached hydrogen (secondary N) is 3. The van der Waals surface area contributed by atoms with E-state index in [9.17, 15) is 33.6 Å². The number of unbranched alkanes of at least 4 members (excludes halogenated alkanes) is 6. The smallest absolute Gasteiger partial charge is 0.326 e. The molecule has 14 nitrogen and oxygen atoms in total. The summed E-state index contributed by atoms with van der Waals surface area (Å²) in [6.45, 7) is 3.81. The lowest BCUT2D eigenvalue weighted by molar-refractivity contribution is -0.142. The van der Waals surface area contributed by atoms with E-state index in [1.54, 1.807) is 13.8 Å². The minimum absolute atomic E-state index is 0. The van der Waals surface area contributed by atoms with Crippen molar-refractivity contribution in [2.75, 3.05) is 13.1 Å². The van der Waals surface area contributed by atoms with E-state index < -0.39 is 30.1 Å². The number of amides is 4. The van der Waals surface area contributed by atoms with Gasteiger partial charge in [0.25, 0.3) is 0 Å². The molecule has 0 bridgehead atoms. The third-order valence-electron chi connectivity index (χ3n) is 6.30. The van der Waals surface area contributed by atoms with Crippen LogP contribution in [0.4, 0.5) is 4.79 Å². The average molecular weight is 632 g/mol. The number of hydrogen-bond donors (Lipinski definition) is 7. The molecule has 0 aliphatic rings. The van der Waals surface area contributed by atoms with E-state index >= 15 is 0 Å². The van der Waals surface area contributed by atoms with Crippen LogP contribution in [0.3, 0.4) is 0 Å². The van der Waals surface area contributed by atoms with Crippen LogP contribution in [0.25, 0.3) is 0 Å². The van der Waals surface area contributed by atoms with Gasteiger partial charge < -0.3 is 47.2 Å². The molecule has 0 aromatic heterocycles. The van der Waals surface area contributed by atoms with Crippen molar-refractivity contribution in [3.05, 3.63) is 0 Å². The highest BCUT2D eigenvalue weighted by molar-refractivity contribution is 5.84. The van der Waals surface area contributed by atoms with Gasteiger partial charge in [0.05, 0.1) is 0 Å². The lowest BCUT2D eigenvalue weighted by atomic mass is 10.1. The number of rotatable bonds is 25. The molecular weight excluding hydrogens is 574 g/mol. The molecule has 0 fully saturated rings. The van der Waals surface area contributed by atoms with Gasteiger partial charge in [-0.05, 0) is 71.8 Å². The van der Waals surface area contributed by atoms with Crippen LogP contribution in [-0.4, -0.2) is 76.7 Å². The van der Waals surface area contributed by atoms with Crippen molar-refractivity contribution >= 4 is 41.4 Å². The minimum atomic E-state index is -1.10. The monoisotopic (exact) mass is 631 g/mol. The number of primary amides is 1. The highest BCUT2D eigenvalue weighted by atomic mass is 16.4. The molecule has 0 radical (unpaired) electrons. The van der Waals surface area contributed by atoms with Crippen LogP contribution in [0.5, 0.6) is 0 Å². The van der Waals surface area contributed by atoms with Gasteiger partial charge in [0, 0.05) is 32.2 Å². The van der Waals surface area contributed by atoms with Crippen LogP contribution >= 0.6 is 0 Å². The normalized spacial score (nSPS) is 11.4. The summed E-state index contributed by atoms with van der Waals surface area (Å²) in [6.07, 6.45) is 9.87. The number of carboxylic acid groups (broad SMARTS) is 2. The summed E-state index contributed by atoms with van der Waals surface area (Å²) in [4.78, 5) is 77.3. The average Bonchev–Trinajstić information content (AvgIpc) is 2.91. The Hall–Kier alpha value is -3.55. The summed E-state index contributed by atoms with van der Waals surface area (Å²) >= 11 is 0. The predicted octanol–water partition coefficient (Wildman–Crippen LogP) is 2.79. The van der Waals surface area contributed by atoms with Gasteiger partial charge in [0.1, 0.15) is 23.7 Å². The Morgan fingerprint density at radius 3 is 1.27 bits per heavy atom. The second-order valence-corrected chi connectivity index (χ2v) is 10.5. The molecule has 0 saturated carbocycles. The fourth-order valence-electron chi connectivity index (χ4n) is 3.91. The van der Waals surface area contributed by atoms with Crippen LogP contribution in [0, 0.1) is 0 Å². The Kier molecular flexibility index (Phi) is 30.1. The van der Waals surface area contributed by atoms with E-state index in [2.05, 4.69) is 16.0 Å². The minimum Gasteiger partial charge on any atom is -0.480 e. The van der Waals surface area contributed by atoms with Crippen molar-refractivity contribution in [1.82, 2.24) is 16.0 Å². The SMILES string of the molecule is C.CC(=O)CCCCCCC(=O)N[C@@H](CCCN)C(=O)O.CC(=O)CCCCCCC(=O)N[C@@H](CCCNC(N)=O)C(=O)O.